The van der Waals surface area contributed by atoms with E-state index in [-0.39, 0.29) is 18.4 Å². The summed E-state index contributed by atoms with van der Waals surface area (Å²) < 4.78 is 5.21. The van der Waals surface area contributed by atoms with Crippen molar-refractivity contribution in [2.24, 2.45) is 5.41 Å². The number of hydrogen-bond donors (Lipinski definition) is 2. The summed E-state index contributed by atoms with van der Waals surface area (Å²) in [6.07, 6.45) is 0.727. The summed E-state index contributed by atoms with van der Waals surface area (Å²) in [6.45, 7) is 1.77. The Bertz CT molecular complexity index is 513. The molecule has 1 unspecified atom stereocenters. The molecule has 6 heteroatoms. The van der Waals surface area contributed by atoms with Gasteiger partial charge in [0.2, 0.25) is 11.8 Å². The zero-order chi connectivity index (χ0) is 16.0. The van der Waals surface area contributed by atoms with Gasteiger partial charge in [-0.05, 0) is 25.1 Å². The number of carbonyl (C=O) groups excluding carboxylic acids is 2. The Morgan fingerprint density at radius 3 is 2.68 bits per heavy atom. The number of nitrogens with zero attached hydrogens (tertiary/aromatic N) is 1. The van der Waals surface area contributed by atoms with Crippen molar-refractivity contribution < 1.29 is 14.3 Å². The highest BCUT2D eigenvalue weighted by Gasteiger charge is 2.43. The largest absolute Gasteiger partial charge is 0.384 e. The Kier molecular flexibility index (Phi) is 5.51. The summed E-state index contributed by atoms with van der Waals surface area (Å²) in [5.74, 6) is -0.261. The lowest BCUT2D eigenvalue weighted by molar-refractivity contribution is -0.144. The van der Waals surface area contributed by atoms with Gasteiger partial charge >= 0.3 is 0 Å². The highest BCUT2D eigenvalue weighted by Crippen LogP contribution is 2.28. The molecule has 0 bridgehead atoms. The van der Waals surface area contributed by atoms with Gasteiger partial charge in [0.1, 0.15) is 0 Å². The van der Waals surface area contributed by atoms with E-state index in [1.54, 1.807) is 14.2 Å². The van der Waals surface area contributed by atoms with Gasteiger partial charge in [-0.3, -0.25) is 9.59 Å². The maximum Gasteiger partial charge on any atom is 0.243 e. The smallest absolute Gasteiger partial charge is 0.243 e. The lowest BCUT2D eigenvalue weighted by Crippen LogP contribution is -2.48. The van der Waals surface area contributed by atoms with Gasteiger partial charge in [0, 0.05) is 26.4 Å². The minimum absolute atomic E-state index is 0.0270. The van der Waals surface area contributed by atoms with Gasteiger partial charge in [0.15, 0.2) is 0 Å². The Balaban J connectivity index is 1.94. The molecular weight excluding hydrogens is 282 g/mol. The van der Waals surface area contributed by atoms with Crippen molar-refractivity contribution in [1.82, 2.24) is 10.2 Å². The highest BCUT2D eigenvalue weighted by atomic mass is 16.5. The van der Waals surface area contributed by atoms with Crippen LogP contribution in [0.1, 0.15) is 6.42 Å². The normalized spacial score (nSPS) is 20.6. The first-order valence-corrected chi connectivity index (χ1v) is 7.37. The fourth-order valence-corrected chi connectivity index (χ4v) is 2.80. The molecule has 6 nitrogen and oxygen atoms in total. The third-order valence-corrected chi connectivity index (χ3v) is 3.90. The maximum atomic E-state index is 12.7. The van der Waals surface area contributed by atoms with Crippen LogP contribution in [0.2, 0.25) is 0 Å². The zero-order valence-corrected chi connectivity index (χ0v) is 13.1. The summed E-state index contributed by atoms with van der Waals surface area (Å²) in [6, 6.07) is 9.21. The van der Waals surface area contributed by atoms with E-state index < -0.39 is 5.41 Å². The Morgan fingerprint density at radius 1 is 1.36 bits per heavy atom. The number of nitrogens with one attached hydrogen (secondary N) is 2. The van der Waals surface area contributed by atoms with Gasteiger partial charge in [-0.1, -0.05) is 18.2 Å². The van der Waals surface area contributed by atoms with Crippen LogP contribution in [0, 0.1) is 5.41 Å². The van der Waals surface area contributed by atoms with E-state index in [2.05, 4.69) is 10.6 Å². The van der Waals surface area contributed by atoms with Crippen LogP contribution < -0.4 is 10.6 Å². The molecule has 1 fully saturated rings. The van der Waals surface area contributed by atoms with Crippen molar-refractivity contribution in [3.05, 3.63) is 30.3 Å². The SMILES string of the molecule is COCC1(C(=O)N(C)CC(=O)Nc2ccccc2)CCNC1. The predicted molar refractivity (Wildman–Crippen MR) is 84.5 cm³/mol. The van der Waals surface area contributed by atoms with Crippen LogP contribution in [0.25, 0.3) is 0 Å². The predicted octanol–water partition coefficient (Wildman–Crippen LogP) is 0.710. The van der Waals surface area contributed by atoms with Crippen LogP contribution in [0.3, 0.4) is 0 Å². The molecule has 0 saturated carbocycles. The molecule has 1 atom stereocenters. The summed E-state index contributed by atoms with van der Waals surface area (Å²) >= 11 is 0. The minimum atomic E-state index is -0.559. The maximum absolute atomic E-state index is 12.7. The summed E-state index contributed by atoms with van der Waals surface area (Å²) in [7, 11) is 3.25. The van der Waals surface area contributed by atoms with Crippen LogP contribution in [0.15, 0.2) is 30.3 Å². The second-order valence-corrected chi connectivity index (χ2v) is 5.72. The van der Waals surface area contributed by atoms with Crippen LogP contribution in [0.4, 0.5) is 5.69 Å². The van der Waals surface area contributed by atoms with E-state index in [0.717, 1.165) is 18.7 Å². The van der Waals surface area contributed by atoms with Gasteiger partial charge in [0.05, 0.1) is 18.6 Å². The van der Waals surface area contributed by atoms with E-state index in [9.17, 15) is 9.59 Å². The molecule has 0 aromatic heterocycles. The van der Waals surface area contributed by atoms with E-state index >= 15 is 0 Å². The average molecular weight is 305 g/mol. The van der Waals surface area contributed by atoms with Gasteiger partial charge in [-0.25, -0.2) is 0 Å². The first kappa shape index (κ1) is 16.5. The number of para-hydroxylation sites is 1. The number of amides is 2. The number of carbonyl (C=O) groups is 2. The molecule has 2 rings (SSSR count). The molecule has 1 aromatic rings. The van der Waals surface area contributed by atoms with Crippen LogP contribution >= 0.6 is 0 Å². The molecule has 120 valence electrons. The van der Waals surface area contributed by atoms with Gasteiger partial charge < -0.3 is 20.3 Å². The second-order valence-electron chi connectivity index (χ2n) is 5.72. The number of ether oxygens (including phenoxy) is 1. The molecule has 1 aliphatic rings. The molecule has 2 N–H and O–H groups in total. The molecule has 22 heavy (non-hydrogen) atoms. The van der Waals surface area contributed by atoms with Gasteiger partial charge in [-0.2, -0.15) is 0 Å². The third-order valence-electron chi connectivity index (χ3n) is 3.90. The third kappa shape index (κ3) is 3.84. The second kappa shape index (κ2) is 7.38. The van der Waals surface area contributed by atoms with E-state index in [1.165, 1.54) is 4.90 Å². The standard InChI is InChI=1S/C16H23N3O3/c1-19(10-14(20)18-13-6-4-3-5-7-13)15(21)16(12-22-2)8-9-17-11-16/h3-7,17H,8-12H2,1-2H3,(H,18,20). The molecule has 0 spiro atoms. The molecule has 0 radical (unpaired) electrons. The lowest BCUT2D eigenvalue weighted by atomic mass is 9.86. The molecule has 1 aromatic carbocycles. The number of methoxy groups -OCH3 is 1. The molecule has 1 heterocycles. The minimum Gasteiger partial charge on any atom is -0.384 e. The molecule has 2 amide bonds. The number of benzene rings is 1. The first-order chi connectivity index (χ1) is 10.6. The molecule has 1 aliphatic heterocycles. The van der Waals surface area contributed by atoms with Gasteiger partial charge in [0.25, 0.3) is 0 Å². The number of anilines is 1. The van der Waals surface area contributed by atoms with E-state index in [0.29, 0.717) is 13.2 Å². The van der Waals surface area contributed by atoms with E-state index in [1.807, 2.05) is 30.3 Å². The average Bonchev–Trinajstić information content (AvgIpc) is 2.97. The van der Waals surface area contributed by atoms with Crippen molar-refractivity contribution in [2.75, 3.05) is 45.7 Å². The quantitative estimate of drug-likeness (QED) is 0.812. The van der Waals surface area contributed by atoms with Crippen molar-refractivity contribution in [3.8, 4) is 0 Å². The fraction of sp³-hybridized carbons (Fsp3) is 0.500. The van der Waals surface area contributed by atoms with Crippen molar-refractivity contribution in [2.45, 2.75) is 6.42 Å². The Hall–Kier alpha value is -1.92. The van der Waals surface area contributed by atoms with Crippen molar-refractivity contribution in [1.29, 1.82) is 0 Å². The number of rotatable bonds is 6. The monoisotopic (exact) mass is 305 g/mol. The van der Waals surface area contributed by atoms with Crippen LogP contribution in [-0.4, -0.2) is 57.1 Å². The van der Waals surface area contributed by atoms with E-state index in [4.69, 9.17) is 4.74 Å². The van der Waals surface area contributed by atoms with Crippen LogP contribution in [-0.2, 0) is 14.3 Å². The van der Waals surface area contributed by atoms with Crippen LogP contribution in [0.5, 0.6) is 0 Å². The molecule has 1 saturated heterocycles. The summed E-state index contributed by atoms with van der Waals surface area (Å²) in [5.41, 5.74) is 0.166. The fourth-order valence-electron chi connectivity index (χ4n) is 2.80. The Labute approximate surface area is 130 Å². The molecular formula is C16H23N3O3. The topological polar surface area (TPSA) is 70.7 Å². The summed E-state index contributed by atoms with van der Waals surface area (Å²) in [4.78, 5) is 26.2. The highest BCUT2D eigenvalue weighted by molar-refractivity contribution is 5.95. The number of hydrogen-bond acceptors (Lipinski definition) is 4. The Morgan fingerprint density at radius 2 is 2.09 bits per heavy atom. The first-order valence-electron chi connectivity index (χ1n) is 7.37. The summed E-state index contributed by atoms with van der Waals surface area (Å²) in [5, 5.41) is 5.98. The van der Waals surface area contributed by atoms with Crippen molar-refractivity contribution in [3.63, 3.8) is 0 Å². The lowest BCUT2D eigenvalue weighted by Gasteiger charge is -2.30. The molecule has 0 aliphatic carbocycles. The number of likely N-dealkylation sites (N-methyl/N-ethyl adjacent to an activating group) is 1. The van der Waals surface area contributed by atoms with Gasteiger partial charge in [-0.15, -0.1) is 0 Å². The van der Waals surface area contributed by atoms with Crippen molar-refractivity contribution >= 4 is 17.5 Å². The zero-order valence-electron chi connectivity index (χ0n) is 13.1.